The van der Waals surface area contributed by atoms with Gasteiger partial charge in [0.2, 0.25) is 0 Å². The van der Waals surface area contributed by atoms with Crippen LogP contribution in [0, 0.1) is 0 Å². The summed E-state index contributed by atoms with van der Waals surface area (Å²) in [6.07, 6.45) is 6.66. The van der Waals surface area contributed by atoms with E-state index >= 15 is 0 Å². The number of aryl methyl sites for hydroxylation is 1. The lowest BCUT2D eigenvalue weighted by molar-refractivity contribution is -0.143. The van der Waals surface area contributed by atoms with Gasteiger partial charge in [-0.1, -0.05) is 6.42 Å². The van der Waals surface area contributed by atoms with Crippen molar-refractivity contribution < 1.29 is 9.53 Å². The SMILES string of the molecule is CCOC(=O)CCCCCn1cncn1. The number of hydrogen-bond acceptors (Lipinski definition) is 4. The monoisotopic (exact) mass is 211 g/mol. The van der Waals surface area contributed by atoms with Crippen LogP contribution < -0.4 is 0 Å². The molecule has 0 N–H and O–H groups in total. The van der Waals surface area contributed by atoms with E-state index in [4.69, 9.17) is 4.74 Å². The van der Waals surface area contributed by atoms with Gasteiger partial charge in [0.25, 0.3) is 0 Å². The third-order valence-electron chi connectivity index (χ3n) is 2.04. The lowest BCUT2D eigenvalue weighted by atomic mass is 10.2. The van der Waals surface area contributed by atoms with Gasteiger partial charge in [-0.25, -0.2) is 4.98 Å². The Labute approximate surface area is 89.5 Å². The highest BCUT2D eigenvalue weighted by atomic mass is 16.5. The van der Waals surface area contributed by atoms with Crippen LogP contribution >= 0.6 is 0 Å². The fourth-order valence-electron chi connectivity index (χ4n) is 1.30. The molecule has 0 amide bonds. The molecule has 5 heteroatoms. The average Bonchev–Trinajstić information content (AvgIpc) is 2.70. The van der Waals surface area contributed by atoms with E-state index in [1.165, 1.54) is 6.33 Å². The number of aromatic nitrogens is 3. The molecule has 1 aromatic rings. The molecular weight excluding hydrogens is 194 g/mol. The standard InChI is InChI=1S/C10H17N3O2/c1-2-15-10(14)6-4-3-5-7-13-9-11-8-12-13/h8-9H,2-7H2,1H3. The molecule has 0 unspecified atom stereocenters. The molecule has 1 aromatic heterocycles. The van der Waals surface area contributed by atoms with Gasteiger partial charge in [-0.15, -0.1) is 0 Å². The number of carbonyl (C=O) groups excluding carboxylic acids is 1. The summed E-state index contributed by atoms with van der Waals surface area (Å²) >= 11 is 0. The molecule has 0 saturated heterocycles. The molecular formula is C10H17N3O2. The topological polar surface area (TPSA) is 57.0 Å². The van der Waals surface area contributed by atoms with E-state index in [-0.39, 0.29) is 5.97 Å². The van der Waals surface area contributed by atoms with Crippen molar-refractivity contribution in [2.24, 2.45) is 0 Å². The van der Waals surface area contributed by atoms with Crippen LogP contribution in [0.3, 0.4) is 0 Å². The van der Waals surface area contributed by atoms with Gasteiger partial charge >= 0.3 is 5.97 Å². The lowest BCUT2D eigenvalue weighted by Gasteiger charge is -2.02. The van der Waals surface area contributed by atoms with Crippen LogP contribution in [-0.4, -0.2) is 27.3 Å². The summed E-state index contributed by atoms with van der Waals surface area (Å²) in [7, 11) is 0. The van der Waals surface area contributed by atoms with E-state index in [0.29, 0.717) is 13.0 Å². The first-order valence-electron chi connectivity index (χ1n) is 5.31. The van der Waals surface area contributed by atoms with Crippen molar-refractivity contribution in [3.05, 3.63) is 12.7 Å². The number of rotatable bonds is 7. The first-order valence-corrected chi connectivity index (χ1v) is 5.31. The highest BCUT2D eigenvalue weighted by molar-refractivity contribution is 5.69. The Morgan fingerprint density at radius 2 is 2.27 bits per heavy atom. The molecule has 0 atom stereocenters. The number of carbonyl (C=O) groups is 1. The summed E-state index contributed by atoms with van der Waals surface area (Å²) in [4.78, 5) is 14.8. The lowest BCUT2D eigenvalue weighted by Crippen LogP contribution is -2.04. The average molecular weight is 211 g/mol. The van der Waals surface area contributed by atoms with Crippen LogP contribution in [0.15, 0.2) is 12.7 Å². The Balaban J connectivity index is 1.95. The van der Waals surface area contributed by atoms with E-state index < -0.39 is 0 Å². The molecule has 0 aliphatic carbocycles. The first kappa shape index (κ1) is 11.7. The molecule has 0 aromatic carbocycles. The maximum atomic E-state index is 11.0. The zero-order valence-electron chi connectivity index (χ0n) is 9.06. The van der Waals surface area contributed by atoms with Crippen LogP contribution in [0.1, 0.15) is 32.6 Å². The minimum Gasteiger partial charge on any atom is -0.466 e. The van der Waals surface area contributed by atoms with Gasteiger partial charge in [-0.2, -0.15) is 5.10 Å². The molecule has 0 spiro atoms. The minimum atomic E-state index is -0.0988. The van der Waals surface area contributed by atoms with E-state index in [1.54, 1.807) is 11.0 Å². The second kappa shape index (κ2) is 6.98. The molecule has 84 valence electrons. The molecule has 0 radical (unpaired) electrons. The van der Waals surface area contributed by atoms with Crippen LogP contribution in [-0.2, 0) is 16.1 Å². The summed E-state index contributed by atoms with van der Waals surface area (Å²) in [5, 5.41) is 3.99. The van der Waals surface area contributed by atoms with Gasteiger partial charge in [0.15, 0.2) is 0 Å². The zero-order valence-corrected chi connectivity index (χ0v) is 9.06. The Hall–Kier alpha value is -1.39. The summed E-state index contributed by atoms with van der Waals surface area (Å²) in [6.45, 7) is 3.16. The zero-order chi connectivity index (χ0) is 10.9. The van der Waals surface area contributed by atoms with Crippen molar-refractivity contribution in [2.75, 3.05) is 6.61 Å². The summed E-state index contributed by atoms with van der Waals surface area (Å²) in [5.41, 5.74) is 0. The van der Waals surface area contributed by atoms with Crippen molar-refractivity contribution in [1.29, 1.82) is 0 Å². The van der Waals surface area contributed by atoms with Crippen molar-refractivity contribution in [3.8, 4) is 0 Å². The third kappa shape index (κ3) is 5.15. The van der Waals surface area contributed by atoms with Crippen molar-refractivity contribution in [3.63, 3.8) is 0 Å². The Morgan fingerprint density at radius 1 is 1.40 bits per heavy atom. The molecule has 1 rings (SSSR count). The number of hydrogen-bond donors (Lipinski definition) is 0. The second-order valence-corrected chi connectivity index (χ2v) is 3.27. The van der Waals surface area contributed by atoms with Crippen molar-refractivity contribution in [2.45, 2.75) is 39.2 Å². The number of nitrogens with zero attached hydrogens (tertiary/aromatic N) is 3. The quantitative estimate of drug-likeness (QED) is 0.505. The fourth-order valence-corrected chi connectivity index (χ4v) is 1.30. The molecule has 0 bridgehead atoms. The van der Waals surface area contributed by atoms with Crippen molar-refractivity contribution in [1.82, 2.24) is 14.8 Å². The molecule has 5 nitrogen and oxygen atoms in total. The Morgan fingerprint density at radius 3 is 2.93 bits per heavy atom. The van der Waals surface area contributed by atoms with Gasteiger partial charge in [0.1, 0.15) is 12.7 Å². The smallest absolute Gasteiger partial charge is 0.305 e. The molecule has 0 aliphatic rings. The highest BCUT2D eigenvalue weighted by Gasteiger charge is 2.00. The van der Waals surface area contributed by atoms with E-state index in [9.17, 15) is 4.79 Å². The maximum Gasteiger partial charge on any atom is 0.305 e. The predicted molar refractivity (Wildman–Crippen MR) is 55.1 cm³/mol. The van der Waals surface area contributed by atoms with Crippen LogP contribution in [0.2, 0.25) is 0 Å². The van der Waals surface area contributed by atoms with E-state index in [1.807, 2.05) is 6.92 Å². The number of ether oxygens (including phenoxy) is 1. The first-order chi connectivity index (χ1) is 7.33. The number of unbranched alkanes of at least 4 members (excludes halogenated alkanes) is 2. The third-order valence-corrected chi connectivity index (χ3v) is 2.04. The number of esters is 1. The molecule has 0 saturated carbocycles. The second-order valence-electron chi connectivity index (χ2n) is 3.27. The molecule has 15 heavy (non-hydrogen) atoms. The van der Waals surface area contributed by atoms with Crippen LogP contribution in [0.5, 0.6) is 0 Å². The molecule has 1 heterocycles. The summed E-state index contributed by atoms with van der Waals surface area (Å²) < 4.78 is 6.62. The summed E-state index contributed by atoms with van der Waals surface area (Å²) in [6, 6.07) is 0. The van der Waals surface area contributed by atoms with Crippen LogP contribution in [0.4, 0.5) is 0 Å². The minimum absolute atomic E-state index is 0.0988. The van der Waals surface area contributed by atoms with Gasteiger partial charge in [0.05, 0.1) is 6.61 Å². The Kier molecular flexibility index (Phi) is 5.43. The normalized spacial score (nSPS) is 10.2. The van der Waals surface area contributed by atoms with E-state index in [0.717, 1.165) is 25.8 Å². The molecule has 0 fully saturated rings. The highest BCUT2D eigenvalue weighted by Crippen LogP contribution is 2.02. The Bertz CT molecular complexity index is 272. The maximum absolute atomic E-state index is 11.0. The summed E-state index contributed by atoms with van der Waals surface area (Å²) in [5.74, 6) is -0.0988. The van der Waals surface area contributed by atoms with Crippen molar-refractivity contribution >= 4 is 5.97 Å². The van der Waals surface area contributed by atoms with Gasteiger partial charge in [-0.3, -0.25) is 9.48 Å². The van der Waals surface area contributed by atoms with Gasteiger partial charge in [0, 0.05) is 13.0 Å². The predicted octanol–water partition coefficient (Wildman–Crippen LogP) is 1.40. The largest absolute Gasteiger partial charge is 0.466 e. The van der Waals surface area contributed by atoms with E-state index in [2.05, 4.69) is 10.1 Å². The fraction of sp³-hybridized carbons (Fsp3) is 0.700. The van der Waals surface area contributed by atoms with Gasteiger partial charge < -0.3 is 4.74 Å². The van der Waals surface area contributed by atoms with Crippen LogP contribution in [0.25, 0.3) is 0 Å². The van der Waals surface area contributed by atoms with Gasteiger partial charge in [-0.05, 0) is 19.8 Å². The molecule has 0 aliphatic heterocycles.